The lowest BCUT2D eigenvalue weighted by Crippen LogP contribution is -2.67. The van der Waals surface area contributed by atoms with E-state index in [0.717, 1.165) is 18.4 Å². The fourth-order valence-electron chi connectivity index (χ4n) is 3.74. The van der Waals surface area contributed by atoms with Crippen molar-refractivity contribution < 1.29 is 14.3 Å². The maximum Gasteiger partial charge on any atom is 0.254 e. The molecule has 0 unspecified atom stereocenters. The summed E-state index contributed by atoms with van der Waals surface area (Å²) in [5.74, 6) is -0.0545. The van der Waals surface area contributed by atoms with Crippen LogP contribution in [0.15, 0.2) is 48.8 Å². The number of aromatic nitrogens is 1. The number of benzene rings is 1. The first-order chi connectivity index (χ1) is 13.2. The van der Waals surface area contributed by atoms with E-state index in [1.165, 1.54) is 0 Å². The molecule has 0 aliphatic carbocycles. The van der Waals surface area contributed by atoms with Crippen LogP contribution in [0.1, 0.15) is 34.3 Å². The summed E-state index contributed by atoms with van der Waals surface area (Å²) in [7, 11) is 0. The van der Waals surface area contributed by atoms with Crippen molar-refractivity contribution in [2.45, 2.75) is 31.2 Å². The van der Waals surface area contributed by atoms with Gasteiger partial charge in [-0.2, -0.15) is 5.26 Å². The zero-order chi connectivity index (χ0) is 18.7. The van der Waals surface area contributed by atoms with Gasteiger partial charge in [-0.15, -0.1) is 0 Å². The average molecular weight is 363 g/mol. The summed E-state index contributed by atoms with van der Waals surface area (Å²) in [5, 5.41) is 9.00. The Kier molecular flexibility index (Phi) is 4.88. The first kappa shape index (κ1) is 17.7. The molecule has 0 N–H and O–H groups in total. The minimum Gasteiger partial charge on any atom is -0.373 e. The molecule has 0 radical (unpaired) electrons. The highest BCUT2D eigenvalue weighted by atomic mass is 16.5. The van der Waals surface area contributed by atoms with Crippen LogP contribution in [-0.2, 0) is 16.1 Å². The third-order valence-corrected chi connectivity index (χ3v) is 5.17. The summed E-state index contributed by atoms with van der Waals surface area (Å²) in [4.78, 5) is 18.4. The topological polar surface area (TPSA) is 75.5 Å². The second-order valence-corrected chi connectivity index (χ2v) is 7.17. The second kappa shape index (κ2) is 7.47. The summed E-state index contributed by atoms with van der Waals surface area (Å²) >= 11 is 0. The van der Waals surface area contributed by atoms with Crippen LogP contribution >= 0.6 is 0 Å². The molecule has 1 atom stereocenters. The molecule has 6 nitrogen and oxygen atoms in total. The Bertz CT molecular complexity index is 856. The minimum absolute atomic E-state index is 0.0545. The summed E-state index contributed by atoms with van der Waals surface area (Å²) < 4.78 is 12.1. The molecule has 6 heteroatoms. The molecule has 1 amide bonds. The highest BCUT2D eigenvalue weighted by molar-refractivity contribution is 5.95. The van der Waals surface area contributed by atoms with E-state index in [4.69, 9.17) is 14.7 Å². The summed E-state index contributed by atoms with van der Waals surface area (Å²) in [6.45, 7) is 2.34. The van der Waals surface area contributed by atoms with Gasteiger partial charge in [0, 0.05) is 31.0 Å². The standard InChI is InChI=1S/C21H21N3O3/c22-12-17-2-1-3-18(10-17)20(25)24-14-21(15-24)11-19(6-9-27-21)26-13-16-4-7-23-8-5-16/h1-5,7-8,10,19H,6,9,11,13-15H2/t19-/m1/s1. The average Bonchev–Trinajstić information content (AvgIpc) is 2.71. The monoisotopic (exact) mass is 363 g/mol. The van der Waals surface area contributed by atoms with Gasteiger partial charge in [0.25, 0.3) is 5.91 Å². The van der Waals surface area contributed by atoms with Crippen molar-refractivity contribution in [1.29, 1.82) is 5.26 Å². The van der Waals surface area contributed by atoms with Gasteiger partial charge in [0.15, 0.2) is 0 Å². The molecule has 0 saturated carbocycles. The number of likely N-dealkylation sites (tertiary alicyclic amines) is 1. The second-order valence-electron chi connectivity index (χ2n) is 7.17. The van der Waals surface area contributed by atoms with E-state index in [1.54, 1.807) is 41.6 Å². The number of amides is 1. The van der Waals surface area contributed by atoms with E-state index in [-0.39, 0.29) is 17.6 Å². The molecule has 138 valence electrons. The third kappa shape index (κ3) is 3.85. The number of nitrogens with zero attached hydrogens (tertiary/aromatic N) is 3. The van der Waals surface area contributed by atoms with Gasteiger partial charge in [0.2, 0.25) is 0 Å². The maximum atomic E-state index is 12.6. The van der Waals surface area contributed by atoms with Crippen molar-refractivity contribution in [3.05, 3.63) is 65.5 Å². The predicted molar refractivity (Wildman–Crippen MR) is 97.8 cm³/mol. The molecule has 2 saturated heterocycles. The van der Waals surface area contributed by atoms with E-state index >= 15 is 0 Å². The summed E-state index contributed by atoms with van der Waals surface area (Å²) in [6.07, 6.45) is 5.32. The van der Waals surface area contributed by atoms with Crippen molar-refractivity contribution in [2.24, 2.45) is 0 Å². The number of nitriles is 1. The van der Waals surface area contributed by atoms with Crippen molar-refractivity contribution in [3.8, 4) is 6.07 Å². The maximum absolute atomic E-state index is 12.6. The number of hydrogen-bond donors (Lipinski definition) is 0. The van der Waals surface area contributed by atoms with Crippen LogP contribution in [0.3, 0.4) is 0 Å². The Morgan fingerprint density at radius 3 is 2.93 bits per heavy atom. The fraction of sp³-hybridized carbons (Fsp3) is 0.381. The Balaban J connectivity index is 1.33. The predicted octanol–water partition coefficient (Wildman–Crippen LogP) is 2.54. The molecule has 2 aliphatic heterocycles. The molecule has 1 spiro atoms. The van der Waals surface area contributed by atoms with Crippen LogP contribution in [0.2, 0.25) is 0 Å². The number of carbonyl (C=O) groups is 1. The molecule has 4 rings (SSSR count). The van der Waals surface area contributed by atoms with Crippen LogP contribution < -0.4 is 0 Å². The number of ether oxygens (including phenoxy) is 2. The fourth-order valence-corrected chi connectivity index (χ4v) is 3.74. The van der Waals surface area contributed by atoms with Crippen LogP contribution in [-0.4, -0.2) is 47.2 Å². The van der Waals surface area contributed by atoms with E-state index in [2.05, 4.69) is 11.1 Å². The van der Waals surface area contributed by atoms with Crippen molar-refractivity contribution in [3.63, 3.8) is 0 Å². The molecule has 2 fully saturated rings. The number of pyridine rings is 1. The smallest absolute Gasteiger partial charge is 0.254 e. The largest absolute Gasteiger partial charge is 0.373 e. The lowest BCUT2D eigenvalue weighted by Gasteiger charge is -2.53. The first-order valence-corrected chi connectivity index (χ1v) is 9.11. The van der Waals surface area contributed by atoms with E-state index in [1.807, 2.05) is 12.1 Å². The van der Waals surface area contributed by atoms with Gasteiger partial charge in [-0.05, 0) is 42.3 Å². The normalized spacial score (nSPS) is 20.7. The molecule has 3 heterocycles. The zero-order valence-corrected chi connectivity index (χ0v) is 15.0. The zero-order valence-electron chi connectivity index (χ0n) is 15.0. The molecule has 27 heavy (non-hydrogen) atoms. The summed E-state index contributed by atoms with van der Waals surface area (Å²) in [5.41, 5.74) is 1.84. The molecule has 2 aromatic rings. The third-order valence-electron chi connectivity index (χ3n) is 5.17. The quantitative estimate of drug-likeness (QED) is 0.834. The van der Waals surface area contributed by atoms with Gasteiger partial charge in [0.05, 0.1) is 37.4 Å². The molecule has 1 aromatic heterocycles. The SMILES string of the molecule is N#Cc1cccc(C(=O)N2CC3(C[C@H](OCc4ccncc4)CCO3)C2)c1. The van der Waals surface area contributed by atoms with Crippen molar-refractivity contribution >= 4 is 5.91 Å². The van der Waals surface area contributed by atoms with Gasteiger partial charge in [0.1, 0.15) is 5.60 Å². The van der Waals surface area contributed by atoms with Gasteiger partial charge < -0.3 is 14.4 Å². The van der Waals surface area contributed by atoms with Crippen LogP contribution in [0.4, 0.5) is 0 Å². The lowest BCUT2D eigenvalue weighted by atomic mass is 9.84. The van der Waals surface area contributed by atoms with E-state index < -0.39 is 0 Å². The molecular formula is C21H21N3O3. The molecular weight excluding hydrogens is 342 g/mol. The van der Waals surface area contributed by atoms with Gasteiger partial charge in [-0.3, -0.25) is 9.78 Å². The van der Waals surface area contributed by atoms with E-state index in [9.17, 15) is 4.79 Å². The lowest BCUT2D eigenvalue weighted by molar-refractivity contribution is -0.188. The van der Waals surface area contributed by atoms with E-state index in [0.29, 0.717) is 37.4 Å². The van der Waals surface area contributed by atoms with Crippen LogP contribution in [0.5, 0.6) is 0 Å². The first-order valence-electron chi connectivity index (χ1n) is 9.11. The van der Waals surface area contributed by atoms with Crippen molar-refractivity contribution in [2.75, 3.05) is 19.7 Å². The van der Waals surface area contributed by atoms with Crippen LogP contribution in [0, 0.1) is 11.3 Å². The van der Waals surface area contributed by atoms with Gasteiger partial charge >= 0.3 is 0 Å². The highest BCUT2D eigenvalue weighted by Gasteiger charge is 2.49. The van der Waals surface area contributed by atoms with Crippen molar-refractivity contribution in [1.82, 2.24) is 9.88 Å². The Morgan fingerprint density at radius 1 is 1.33 bits per heavy atom. The Hall–Kier alpha value is -2.75. The number of hydrogen-bond acceptors (Lipinski definition) is 5. The molecule has 2 aliphatic rings. The Labute approximate surface area is 158 Å². The molecule has 1 aromatic carbocycles. The Morgan fingerprint density at radius 2 is 2.15 bits per heavy atom. The highest BCUT2D eigenvalue weighted by Crippen LogP contribution is 2.36. The molecule has 0 bridgehead atoms. The van der Waals surface area contributed by atoms with Gasteiger partial charge in [-0.25, -0.2) is 0 Å². The summed E-state index contributed by atoms with van der Waals surface area (Å²) in [6, 6.07) is 12.8. The minimum atomic E-state index is -0.302. The van der Waals surface area contributed by atoms with Gasteiger partial charge in [-0.1, -0.05) is 6.07 Å². The van der Waals surface area contributed by atoms with Crippen LogP contribution in [0.25, 0.3) is 0 Å². The number of rotatable bonds is 4. The number of carbonyl (C=O) groups excluding carboxylic acids is 1.